The molecule has 0 aliphatic rings. The summed E-state index contributed by atoms with van der Waals surface area (Å²) in [4.78, 5) is 8.95. The van der Waals surface area contributed by atoms with E-state index in [0.29, 0.717) is 0 Å². The molecule has 1 aromatic heterocycles. The summed E-state index contributed by atoms with van der Waals surface area (Å²) in [6.45, 7) is 1.58. The second kappa shape index (κ2) is 11.1. The number of fused-ring (bicyclic) bond motifs is 1. The lowest BCUT2D eigenvalue weighted by Gasteiger charge is -2.12. The Morgan fingerprint density at radius 3 is 2.59 bits per heavy atom. The van der Waals surface area contributed by atoms with Crippen LogP contribution >= 0.6 is 35.3 Å². The minimum Gasteiger partial charge on any atom is -0.497 e. The summed E-state index contributed by atoms with van der Waals surface area (Å²) >= 11 is 1.78. The van der Waals surface area contributed by atoms with Crippen LogP contribution in [-0.4, -0.2) is 31.6 Å². The van der Waals surface area contributed by atoms with Crippen LogP contribution in [0.4, 0.5) is 0 Å². The van der Waals surface area contributed by atoms with Gasteiger partial charge in [0.15, 0.2) is 5.96 Å². The van der Waals surface area contributed by atoms with E-state index in [1.54, 1.807) is 25.5 Å². The van der Waals surface area contributed by atoms with Gasteiger partial charge in [-0.25, -0.2) is 4.98 Å². The first-order valence-corrected chi connectivity index (χ1v) is 9.52. The van der Waals surface area contributed by atoms with Crippen LogP contribution in [-0.2, 0) is 13.0 Å². The van der Waals surface area contributed by atoms with E-state index in [1.165, 1.54) is 15.3 Å². The van der Waals surface area contributed by atoms with Crippen molar-refractivity contribution in [2.45, 2.75) is 19.4 Å². The van der Waals surface area contributed by atoms with E-state index in [9.17, 15) is 0 Å². The number of hydrogen-bond donors (Lipinski definition) is 2. The maximum Gasteiger partial charge on any atom is 0.191 e. The van der Waals surface area contributed by atoms with E-state index in [2.05, 4.69) is 38.8 Å². The number of halogens is 1. The summed E-state index contributed by atoms with van der Waals surface area (Å²) < 4.78 is 6.43. The highest BCUT2D eigenvalue weighted by Crippen LogP contribution is 2.22. The van der Waals surface area contributed by atoms with Crippen molar-refractivity contribution in [1.82, 2.24) is 15.6 Å². The molecule has 0 radical (unpaired) electrons. The number of benzene rings is 2. The maximum absolute atomic E-state index is 5.18. The van der Waals surface area contributed by atoms with Crippen molar-refractivity contribution in [2.75, 3.05) is 20.7 Å². The molecule has 0 bridgehead atoms. The quantitative estimate of drug-likeness (QED) is 0.223. The zero-order valence-electron chi connectivity index (χ0n) is 15.6. The largest absolute Gasteiger partial charge is 0.497 e. The SMILES string of the molecule is CN=C(NCCCc1nc2ccccc2s1)NCc1ccc(OC)cc1.I. The van der Waals surface area contributed by atoms with Gasteiger partial charge in [-0.05, 0) is 36.2 Å². The normalized spacial score (nSPS) is 11.1. The highest BCUT2D eigenvalue weighted by molar-refractivity contribution is 14.0. The van der Waals surface area contributed by atoms with Gasteiger partial charge in [-0.15, -0.1) is 35.3 Å². The van der Waals surface area contributed by atoms with E-state index in [4.69, 9.17) is 4.74 Å². The molecule has 1 heterocycles. The number of rotatable bonds is 7. The lowest BCUT2D eigenvalue weighted by atomic mass is 10.2. The minimum atomic E-state index is 0. The molecule has 0 saturated heterocycles. The third-order valence-corrected chi connectivity index (χ3v) is 5.14. The third kappa shape index (κ3) is 6.35. The molecule has 0 spiro atoms. The Morgan fingerprint density at radius 1 is 1.11 bits per heavy atom. The number of aryl methyl sites for hydroxylation is 1. The second-order valence-corrected chi connectivity index (χ2v) is 6.99. The van der Waals surface area contributed by atoms with Gasteiger partial charge in [-0.3, -0.25) is 4.99 Å². The molecule has 3 rings (SSSR count). The fourth-order valence-electron chi connectivity index (χ4n) is 2.62. The number of ether oxygens (including phenoxy) is 1. The Labute approximate surface area is 181 Å². The number of aliphatic imine (C=N–C) groups is 1. The second-order valence-electron chi connectivity index (χ2n) is 5.88. The van der Waals surface area contributed by atoms with Gasteiger partial charge in [-0.2, -0.15) is 0 Å². The zero-order valence-corrected chi connectivity index (χ0v) is 18.7. The van der Waals surface area contributed by atoms with Crippen LogP contribution in [0, 0.1) is 0 Å². The highest BCUT2D eigenvalue weighted by atomic mass is 127. The fourth-order valence-corrected chi connectivity index (χ4v) is 3.63. The van der Waals surface area contributed by atoms with Gasteiger partial charge in [0.05, 0.1) is 22.3 Å². The van der Waals surface area contributed by atoms with Gasteiger partial charge in [0.25, 0.3) is 0 Å². The molecule has 0 amide bonds. The molecular formula is C20H25IN4OS. The summed E-state index contributed by atoms with van der Waals surface area (Å²) in [6.07, 6.45) is 1.99. The number of nitrogens with zero attached hydrogens (tertiary/aromatic N) is 2. The molecule has 0 saturated carbocycles. The molecule has 5 nitrogen and oxygen atoms in total. The van der Waals surface area contributed by atoms with Gasteiger partial charge < -0.3 is 15.4 Å². The van der Waals surface area contributed by atoms with E-state index in [-0.39, 0.29) is 24.0 Å². The maximum atomic E-state index is 5.18. The number of para-hydroxylation sites is 1. The van der Waals surface area contributed by atoms with Gasteiger partial charge in [0.1, 0.15) is 5.75 Å². The minimum absolute atomic E-state index is 0. The molecule has 2 aromatic carbocycles. The summed E-state index contributed by atoms with van der Waals surface area (Å²) in [6, 6.07) is 16.3. The average Bonchev–Trinajstić information content (AvgIpc) is 3.10. The topological polar surface area (TPSA) is 58.5 Å². The van der Waals surface area contributed by atoms with Gasteiger partial charge in [0, 0.05) is 26.6 Å². The van der Waals surface area contributed by atoms with Crippen molar-refractivity contribution in [1.29, 1.82) is 0 Å². The van der Waals surface area contributed by atoms with Crippen LogP contribution in [0.3, 0.4) is 0 Å². The predicted molar refractivity (Wildman–Crippen MR) is 125 cm³/mol. The first-order valence-electron chi connectivity index (χ1n) is 8.70. The number of hydrogen-bond acceptors (Lipinski definition) is 4. The monoisotopic (exact) mass is 496 g/mol. The first kappa shape index (κ1) is 21.4. The average molecular weight is 496 g/mol. The van der Waals surface area contributed by atoms with E-state index in [1.807, 2.05) is 30.3 Å². The Balaban J connectivity index is 0.00000261. The number of thiazole rings is 1. The number of methoxy groups -OCH3 is 1. The smallest absolute Gasteiger partial charge is 0.191 e. The number of guanidine groups is 1. The van der Waals surface area contributed by atoms with Gasteiger partial charge in [-0.1, -0.05) is 24.3 Å². The lowest BCUT2D eigenvalue weighted by Crippen LogP contribution is -2.37. The fraction of sp³-hybridized carbons (Fsp3) is 0.300. The van der Waals surface area contributed by atoms with Gasteiger partial charge >= 0.3 is 0 Å². The van der Waals surface area contributed by atoms with E-state index in [0.717, 1.165) is 43.2 Å². The zero-order chi connectivity index (χ0) is 18.2. The molecule has 0 unspecified atom stereocenters. The summed E-state index contributed by atoms with van der Waals surface area (Å²) in [5.41, 5.74) is 2.28. The van der Waals surface area contributed by atoms with Gasteiger partial charge in [0.2, 0.25) is 0 Å². The van der Waals surface area contributed by atoms with Crippen LogP contribution in [0.25, 0.3) is 10.2 Å². The summed E-state index contributed by atoms with van der Waals surface area (Å²) in [5.74, 6) is 1.68. The highest BCUT2D eigenvalue weighted by Gasteiger charge is 2.03. The number of nitrogens with one attached hydrogen (secondary N) is 2. The standard InChI is InChI=1S/C20H24N4OS.HI/c1-21-20(23-14-15-9-11-16(25-2)12-10-15)22-13-5-8-19-24-17-6-3-4-7-18(17)26-19;/h3-4,6-7,9-12H,5,8,13-14H2,1-2H3,(H2,21,22,23);1H. The Hall–Kier alpha value is -1.87. The van der Waals surface area contributed by atoms with Crippen molar-refractivity contribution in [2.24, 2.45) is 4.99 Å². The van der Waals surface area contributed by atoms with Crippen molar-refractivity contribution < 1.29 is 4.74 Å². The molecular weight excluding hydrogens is 471 g/mol. The molecule has 2 N–H and O–H groups in total. The molecule has 0 fully saturated rings. The summed E-state index contributed by atoms with van der Waals surface area (Å²) in [5, 5.41) is 7.87. The van der Waals surface area contributed by atoms with E-state index < -0.39 is 0 Å². The van der Waals surface area contributed by atoms with Crippen LogP contribution in [0.15, 0.2) is 53.5 Å². The molecule has 3 aromatic rings. The van der Waals surface area contributed by atoms with E-state index >= 15 is 0 Å². The third-order valence-electron chi connectivity index (χ3n) is 4.04. The van der Waals surface area contributed by atoms with Crippen LogP contribution in [0.5, 0.6) is 5.75 Å². The van der Waals surface area contributed by atoms with Crippen molar-refractivity contribution in [3.8, 4) is 5.75 Å². The van der Waals surface area contributed by atoms with Crippen LogP contribution in [0.1, 0.15) is 17.0 Å². The Bertz CT molecular complexity index is 831. The molecule has 27 heavy (non-hydrogen) atoms. The predicted octanol–water partition coefficient (Wildman–Crippen LogP) is 4.22. The van der Waals surface area contributed by atoms with Crippen molar-refractivity contribution in [3.05, 3.63) is 59.1 Å². The lowest BCUT2D eigenvalue weighted by molar-refractivity contribution is 0.414. The molecule has 0 atom stereocenters. The van der Waals surface area contributed by atoms with Crippen molar-refractivity contribution >= 4 is 51.5 Å². The van der Waals surface area contributed by atoms with Crippen LogP contribution in [0.2, 0.25) is 0 Å². The Kier molecular flexibility index (Phi) is 8.80. The molecule has 0 aliphatic carbocycles. The van der Waals surface area contributed by atoms with Crippen LogP contribution < -0.4 is 15.4 Å². The Morgan fingerprint density at radius 2 is 1.89 bits per heavy atom. The number of aromatic nitrogens is 1. The molecule has 7 heteroatoms. The molecule has 0 aliphatic heterocycles. The summed E-state index contributed by atoms with van der Waals surface area (Å²) in [7, 11) is 3.46. The first-order chi connectivity index (χ1) is 12.8. The van der Waals surface area contributed by atoms with Crippen molar-refractivity contribution in [3.63, 3.8) is 0 Å². The molecule has 144 valence electrons.